The highest BCUT2D eigenvalue weighted by molar-refractivity contribution is 7.22. The number of benzene rings is 2. The first kappa shape index (κ1) is 24.0. The molecule has 0 fully saturated rings. The van der Waals surface area contributed by atoms with E-state index in [4.69, 9.17) is 21.1 Å². The predicted octanol–water partition coefficient (Wildman–Crippen LogP) is 6.19. The molecule has 2 aromatic heterocycles. The van der Waals surface area contributed by atoms with E-state index in [1.165, 1.54) is 15.9 Å². The van der Waals surface area contributed by atoms with Crippen molar-refractivity contribution in [3.63, 3.8) is 0 Å². The van der Waals surface area contributed by atoms with Crippen LogP contribution in [0.5, 0.6) is 5.75 Å². The number of ether oxygens (including phenoxy) is 2. The molecule has 6 nitrogen and oxygen atoms in total. The van der Waals surface area contributed by atoms with Crippen LogP contribution in [0, 0.1) is 6.92 Å². The van der Waals surface area contributed by atoms with Gasteiger partial charge in [-0.2, -0.15) is 0 Å². The van der Waals surface area contributed by atoms with Crippen LogP contribution in [0.1, 0.15) is 32.8 Å². The molecule has 0 aliphatic carbocycles. The molecule has 2 heterocycles. The Morgan fingerprint density at radius 3 is 2.56 bits per heavy atom. The fraction of sp³-hybridized carbons (Fsp3) is 0.269. The molecule has 0 spiro atoms. The van der Waals surface area contributed by atoms with Gasteiger partial charge in [-0.25, -0.2) is 4.98 Å². The Morgan fingerprint density at radius 2 is 1.88 bits per heavy atom. The molecule has 0 amide bonds. The summed E-state index contributed by atoms with van der Waals surface area (Å²) in [5, 5.41) is 0.665. The lowest BCUT2D eigenvalue weighted by atomic mass is 10.1. The number of fused-ring (bicyclic) bond motifs is 1. The number of halogens is 1. The Morgan fingerprint density at radius 1 is 1.15 bits per heavy atom. The molecule has 0 aliphatic rings. The van der Waals surface area contributed by atoms with Crippen LogP contribution in [0.15, 0.2) is 59.7 Å². The van der Waals surface area contributed by atoms with Crippen LogP contribution in [0.3, 0.4) is 0 Å². The number of nitrogens with zero attached hydrogens (tertiary/aromatic N) is 2. The maximum absolute atomic E-state index is 13.2. The second-order valence-corrected chi connectivity index (χ2v) is 10.1. The Balaban J connectivity index is 1.59. The molecule has 4 rings (SSSR count). The molecule has 4 aromatic rings. The number of carbonyl (C=O) groups excluding carboxylic acids is 1. The van der Waals surface area contributed by atoms with Gasteiger partial charge in [-0.05, 0) is 68.3 Å². The summed E-state index contributed by atoms with van der Waals surface area (Å²) in [5.74, 6) is 0.392. The number of aromatic nitrogens is 2. The summed E-state index contributed by atoms with van der Waals surface area (Å²) in [4.78, 5) is 30.3. The highest BCUT2D eigenvalue weighted by Gasteiger charge is 2.23. The minimum Gasteiger partial charge on any atom is -0.489 e. The zero-order valence-electron chi connectivity index (χ0n) is 19.4. The molecule has 0 bridgehead atoms. The first-order chi connectivity index (χ1) is 16.2. The van der Waals surface area contributed by atoms with Crippen LogP contribution in [-0.4, -0.2) is 27.7 Å². The van der Waals surface area contributed by atoms with Crippen molar-refractivity contribution in [2.75, 3.05) is 6.61 Å². The maximum Gasteiger partial charge on any atom is 0.306 e. The van der Waals surface area contributed by atoms with Gasteiger partial charge < -0.3 is 9.47 Å². The van der Waals surface area contributed by atoms with Crippen LogP contribution in [0.25, 0.3) is 26.3 Å². The Bertz CT molecular complexity index is 1410. The lowest BCUT2D eigenvalue weighted by Crippen LogP contribution is -2.34. The average molecular weight is 497 g/mol. The number of esters is 1. The number of aryl methyl sites for hydroxylation is 1. The van der Waals surface area contributed by atoms with Crippen molar-refractivity contribution < 1.29 is 14.3 Å². The number of hydrogen-bond acceptors (Lipinski definition) is 6. The standard InChI is InChI=1S/C26H25ClN2O4S/c1-5-23(30)33-26(3,4)14-32-21-11-10-19(12-16(21)2)29-15-28-20-13-22(34-24(20)25(29)31)17-6-8-18(27)9-7-17/h6-13,15H,5,14H2,1-4H3. The van der Waals surface area contributed by atoms with Gasteiger partial charge in [0.1, 0.15) is 29.0 Å². The van der Waals surface area contributed by atoms with Crippen molar-refractivity contribution in [1.29, 1.82) is 0 Å². The summed E-state index contributed by atoms with van der Waals surface area (Å²) in [6.07, 6.45) is 1.86. The summed E-state index contributed by atoms with van der Waals surface area (Å²) in [6, 6.07) is 14.9. The molecule has 0 saturated heterocycles. The van der Waals surface area contributed by atoms with E-state index >= 15 is 0 Å². The van der Waals surface area contributed by atoms with Gasteiger partial charge in [-0.15, -0.1) is 11.3 Å². The second-order valence-electron chi connectivity index (χ2n) is 8.58. The van der Waals surface area contributed by atoms with Crippen LogP contribution in [0.4, 0.5) is 0 Å². The van der Waals surface area contributed by atoms with E-state index in [0.717, 1.165) is 16.0 Å². The van der Waals surface area contributed by atoms with Gasteiger partial charge in [0, 0.05) is 16.3 Å². The van der Waals surface area contributed by atoms with Crippen molar-refractivity contribution in [2.45, 2.75) is 39.7 Å². The van der Waals surface area contributed by atoms with Crippen LogP contribution >= 0.6 is 22.9 Å². The van der Waals surface area contributed by atoms with Crippen molar-refractivity contribution >= 4 is 39.1 Å². The summed E-state index contributed by atoms with van der Waals surface area (Å²) in [6.45, 7) is 7.50. The van der Waals surface area contributed by atoms with Crippen molar-refractivity contribution in [3.05, 3.63) is 75.8 Å². The summed E-state index contributed by atoms with van der Waals surface area (Å²) in [5.41, 5.74) is 2.33. The smallest absolute Gasteiger partial charge is 0.306 e. The van der Waals surface area contributed by atoms with Crippen LogP contribution in [-0.2, 0) is 9.53 Å². The molecule has 0 radical (unpaired) electrons. The largest absolute Gasteiger partial charge is 0.489 e. The van der Waals surface area contributed by atoms with E-state index in [0.29, 0.717) is 33.1 Å². The Kier molecular flexibility index (Phi) is 6.77. The maximum atomic E-state index is 13.2. The monoisotopic (exact) mass is 496 g/mol. The molecule has 8 heteroatoms. The second kappa shape index (κ2) is 9.60. The molecular weight excluding hydrogens is 472 g/mol. The number of hydrogen-bond donors (Lipinski definition) is 0. The SMILES string of the molecule is CCC(=O)OC(C)(C)COc1ccc(-n2cnc3cc(-c4ccc(Cl)cc4)sc3c2=O)cc1C. The Hall–Kier alpha value is -3.16. The minimum atomic E-state index is -0.745. The molecule has 0 unspecified atom stereocenters. The molecule has 176 valence electrons. The third-order valence-corrected chi connectivity index (χ3v) is 6.67. The summed E-state index contributed by atoms with van der Waals surface area (Å²) in [7, 11) is 0. The van der Waals surface area contributed by atoms with E-state index in [1.54, 1.807) is 13.3 Å². The fourth-order valence-corrected chi connectivity index (χ4v) is 4.63. The first-order valence-corrected chi connectivity index (χ1v) is 12.1. The zero-order valence-corrected chi connectivity index (χ0v) is 21.0. The van der Waals surface area contributed by atoms with Crippen LogP contribution in [0.2, 0.25) is 5.02 Å². The fourth-order valence-electron chi connectivity index (χ4n) is 3.46. The van der Waals surface area contributed by atoms with E-state index < -0.39 is 5.60 Å². The van der Waals surface area contributed by atoms with E-state index in [9.17, 15) is 9.59 Å². The van der Waals surface area contributed by atoms with Crippen molar-refractivity contribution in [3.8, 4) is 21.9 Å². The van der Waals surface area contributed by atoms with Gasteiger partial charge in [-0.3, -0.25) is 14.2 Å². The Labute approximate surface area is 206 Å². The lowest BCUT2D eigenvalue weighted by Gasteiger charge is -2.25. The van der Waals surface area contributed by atoms with Gasteiger partial charge in [0.2, 0.25) is 0 Å². The first-order valence-electron chi connectivity index (χ1n) is 10.9. The number of carbonyl (C=O) groups is 1. The highest BCUT2D eigenvalue weighted by atomic mass is 35.5. The molecule has 0 atom stereocenters. The molecule has 34 heavy (non-hydrogen) atoms. The van der Waals surface area contributed by atoms with Crippen LogP contribution < -0.4 is 10.3 Å². The van der Waals surface area contributed by atoms with Gasteiger partial charge in [-0.1, -0.05) is 30.7 Å². The molecule has 0 aliphatic heterocycles. The number of rotatable bonds is 7. The van der Waals surface area contributed by atoms with E-state index in [2.05, 4.69) is 4.98 Å². The summed E-state index contributed by atoms with van der Waals surface area (Å²) >= 11 is 7.40. The van der Waals surface area contributed by atoms with Gasteiger partial charge in [0.25, 0.3) is 5.56 Å². The average Bonchev–Trinajstić information content (AvgIpc) is 3.24. The van der Waals surface area contributed by atoms with E-state index in [-0.39, 0.29) is 18.1 Å². The molecular formula is C26H25ClN2O4S. The molecule has 2 aromatic carbocycles. The van der Waals surface area contributed by atoms with Gasteiger partial charge in [0.15, 0.2) is 0 Å². The summed E-state index contributed by atoms with van der Waals surface area (Å²) < 4.78 is 13.5. The van der Waals surface area contributed by atoms with Gasteiger partial charge in [0.05, 0.1) is 11.2 Å². The molecule has 0 saturated carbocycles. The normalized spacial score (nSPS) is 11.6. The van der Waals surface area contributed by atoms with Crippen molar-refractivity contribution in [2.24, 2.45) is 0 Å². The lowest BCUT2D eigenvalue weighted by molar-refractivity contribution is -0.158. The number of thiophene rings is 1. The predicted molar refractivity (Wildman–Crippen MR) is 136 cm³/mol. The minimum absolute atomic E-state index is 0.129. The highest BCUT2D eigenvalue weighted by Crippen LogP contribution is 2.32. The topological polar surface area (TPSA) is 70.4 Å². The van der Waals surface area contributed by atoms with Crippen molar-refractivity contribution in [1.82, 2.24) is 9.55 Å². The third-order valence-electron chi connectivity index (χ3n) is 5.26. The quantitative estimate of drug-likeness (QED) is 0.285. The third kappa shape index (κ3) is 5.16. The molecule has 0 N–H and O–H groups in total. The van der Waals surface area contributed by atoms with Gasteiger partial charge >= 0.3 is 5.97 Å². The zero-order chi connectivity index (χ0) is 24.5. The van der Waals surface area contributed by atoms with E-state index in [1.807, 2.05) is 69.3 Å².